The van der Waals surface area contributed by atoms with Crippen LogP contribution < -0.4 is 15.8 Å². The van der Waals surface area contributed by atoms with Crippen LogP contribution in [0.15, 0.2) is 61.1 Å². The Bertz CT molecular complexity index is 1330. The van der Waals surface area contributed by atoms with Crippen LogP contribution >= 0.6 is 0 Å². The molecule has 0 aliphatic carbocycles. The van der Waals surface area contributed by atoms with Gasteiger partial charge < -0.3 is 25.1 Å². The zero-order valence-electron chi connectivity index (χ0n) is 20.5. The molecule has 5 rings (SSSR count). The van der Waals surface area contributed by atoms with E-state index in [1.165, 1.54) is 19.2 Å². The van der Waals surface area contributed by atoms with Gasteiger partial charge in [-0.1, -0.05) is 0 Å². The third kappa shape index (κ3) is 8.25. The molecular weight excluding hydrogens is 506 g/mol. The second kappa shape index (κ2) is 13.5. The Kier molecular flexibility index (Phi) is 10.1. The van der Waals surface area contributed by atoms with Gasteiger partial charge in [-0.05, 0) is 55.3 Å². The predicted molar refractivity (Wildman–Crippen MR) is 134 cm³/mol. The average Bonchev–Trinajstić information content (AvgIpc) is 3.59. The Labute approximate surface area is 216 Å². The summed E-state index contributed by atoms with van der Waals surface area (Å²) < 4.78 is 61.7. The van der Waals surface area contributed by atoms with Crippen LogP contribution in [0.25, 0.3) is 10.9 Å². The van der Waals surface area contributed by atoms with Crippen LogP contribution in [0, 0.1) is 5.82 Å². The predicted octanol–water partition coefficient (Wildman–Crippen LogP) is 5.43. The highest BCUT2D eigenvalue weighted by atomic mass is 19.4. The summed E-state index contributed by atoms with van der Waals surface area (Å²) in [5, 5.41) is 3.13. The summed E-state index contributed by atoms with van der Waals surface area (Å²) in [6.07, 6.45) is 1.49. The third-order valence-corrected chi connectivity index (χ3v) is 5.31. The number of hydrogen-bond acceptors (Lipinski definition) is 6. The fourth-order valence-electron chi connectivity index (χ4n) is 3.40. The number of carbonyl (C=O) groups excluding carboxylic acids is 1. The molecule has 1 aliphatic rings. The molecule has 0 radical (unpaired) electrons. The van der Waals surface area contributed by atoms with Gasteiger partial charge in [0, 0.05) is 55.7 Å². The molecule has 12 heteroatoms. The van der Waals surface area contributed by atoms with Crippen LogP contribution in [0.2, 0.25) is 0 Å². The Morgan fingerprint density at radius 2 is 1.87 bits per heavy atom. The third-order valence-electron chi connectivity index (χ3n) is 5.31. The fraction of sp³-hybridized carbons (Fsp3) is 0.269. The van der Waals surface area contributed by atoms with E-state index in [-0.39, 0.29) is 12.1 Å². The van der Waals surface area contributed by atoms with Gasteiger partial charge in [-0.3, -0.25) is 4.79 Å². The highest BCUT2D eigenvalue weighted by Crippen LogP contribution is 2.32. The average molecular weight is 534 g/mol. The molecule has 1 saturated heterocycles. The molecule has 1 aliphatic heterocycles. The van der Waals surface area contributed by atoms with Crippen molar-refractivity contribution in [3.63, 3.8) is 0 Å². The molecule has 0 bridgehead atoms. The van der Waals surface area contributed by atoms with E-state index in [9.17, 15) is 22.4 Å². The zero-order chi connectivity index (χ0) is 27.5. The second-order valence-electron chi connectivity index (χ2n) is 8.08. The number of aromatic nitrogens is 3. The maximum atomic E-state index is 12.7. The number of aryl methyl sites for hydroxylation is 1. The number of nitrogens with two attached hydrogens (primary N) is 1. The lowest BCUT2D eigenvalue weighted by atomic mass is 10.2. The first-order valence-corrected chi connectivity index (χ1v) is 11.6. The van der Waals surface area contributed by atoms with E-state index in [2.05, 4.69) is 14.5 Å². The van der Waals surface area contributed by atoms with Crippen LogP contribution in [0.5, 0.6) is 11.6 Å². The molecule has 1 fully saturated rings. The minimum Gasteiger partial charge on any atom is -0.439 e. The van der Waals surface area contributed by atoms with E-state index in [4.69, 9.17) is 15.2 Å². The fourth-order valence-corrected chi connectivity index (χ4v) is 3.40. The molecule has 0 atom stereocenters. The van der Waals surface area contributed by atoms with Crippen LogP contribution in [0.4, 0.5) is 23.2 Å². The van der Waals surface area contributed by atoms with E-state index in [1.54, 1.807) is 6.07 Å². The van der Waals surface area contributed by atoms with Gasteiger partial charge in [-0.15, -0.1) is 0 Å². The summed E-state index contributed by atoms with van der Waals surface area (Å²) in [7, 11) is 2.01. The summed E-state index contributed by atoms with van der Waals surface area (Å²) in [5.41, 5.74) is 5.96. The number of rotatable bonds is 5. The normalized spacial score (nSPS) is 12.7. The van der Waals surface area contributed by atoms with Crippen molar-refractivity contribution in [3.05, 3.63) is 78.1 Å². The number of nitrogens with zero attached hydrogens (tertiary/aromatic N) is 3. The van der Waals surface area contributed by atoms with Crippen molar-refractivity contribution in [1.82, 2.24) is 14.5 Å². The molecule has 3 N–H and O–H groups in total. The summed E-state index contributed by atoms with van der Waals surface area (Å²) >= 11 is 0. The van der Waals surface area contributed by atoms with Gasteiger partial charge >= 0.3 is 6.18 Å². The lowest BCUT2D eigenvalue weighted by Gasteiger charge is -2.09. The summed E-state index contributed by atoms with van der Waals surface area (Å²) in [6.45, 7) is 2.37. The Morgan fingerprint density at radius 1 is 1.11 bits per heavy atom. The van der Waals surface area contributed by atoms with E-state index in [0.29, 0.717) is 24.6 Å². The Morgan fingerprint density at radius 3 is 2.50 bits per heavy atom. The van der Waals surface area contributed by atoms with Crippen molar-refractivity contribution in [3.8, 4) is 11.6 Å². The van der Waals surface area contributed by atoms with Crippen LogP contribution in [-0.2, 0) is 29.3 Å². The van der Waals surface area contributed by atoms with Gasteiger partial charge in [0.15, 0.2) is 0 Å². The smallest absolute Gasteiger partial charge is 0.419 e. The monoisotopic (exact) mass is 533 g/mol. The molecular formula is C26H27F4N5O3. The molecule has 2 aromatic heterocycles. The van der Waals surface area contributed by atoms with Crippen molar-refractivity contribution < 1.29 is 31.8 Å². The number of hydrogen-bond donors (Lipinski definition) is 2. The van der Waals surface area contributed by atoms with Gasteiger partial charge in [0.2, 0.25) is 12.3 Å². The summed E-state index contributed by atoms with van der Waals surface area (Å²) in [6, 6.07) is 11.9. The van der Waals surface area contributed by atoms with E-state index in [0.717, 1.165) is 41.6 Å². The van der Waals surface area contributed by atoms with E-state index in [1.807, 2.05) is 42.8 Å². The molecule has 0 unspecified atom stereocenters. The molecule has 202 valence electrons. The highest BCUT2D eigenvalue weighted by molar-refractivity contribution is 5.81. The first kappa shape index (κ1) is 28.5. The second-order valence-corrected chi connectivity index (χ2v) is 8.08. The molecule has 0 saturated carbocycles. The van der Waals surface area contributed by atoms with Gasteiger partial charge in [-0.2, -0.15) is 13.2 Å². The summed E-state index contributed by atoms with van der Waals surface area (Å²) in [5.74, 6) is -0.111. The zero-order valence-corrected chi connectivity index (χ0v) is 20.5. The van der Waals surface area contributed by atoms with Crippen molar-refractivity contribution in [2.75, 3.05) is 18.5 Å². The first-order valence-electron chi connectivity index (χ1n) is 11.6. The van der Waals surface area contributed by atoms with Gasteiger partial charge in [0.25, 0.3) is 0 Å². The van der Waals surface area contributed by atoms with Gasteiger partial charge in [0.1, 0.15) is 17.9 Å². The number of nitrogens with one attached hydrogen (secondary N) is 1. The minimum absolute atomic E-state index is 0.103. The van der Waals surface area contributed by atoms with Crippen molar-refractivity contribution in [1.29, 1.82) is 0 Å². The number of carbonyl (C=O) groups is 1. The Balaban J connectivity index is 0.000000184. The Hall–Kier alpha value is -4.03. The van der Waals surface area contributed by atoms with Crippen LogP contribution in [0.1, 0.15) is 24.1 Å². The SMILES string of the molecule is C1CCOC1.Cn1ccc2cc(Oc3cc(CN)ncn3)ccc21.O=CNc1ccc(F)c(C(F)(F)F)c1. The highest BCUT2D eigenvalue weighted by Gasteiger charge is 2.34. The topological polar surface area (TPSA) is 104 Å². The molecule has 4 aromatic rings. The lowest BCUT2D eigenvalue weighted by molar-refractivity contribution is -0.140. The number of amides is 1. The standard InChI is InChI=1S/C14H14N4O.C8H5F4NO.C4H8O/c1-18-5-4-10-6-12(2-3-13(10)18)19-14-7-11(8-15)16-9-17-14;9-7-2-1-5(13-4-14)3-6(7)8(10,11)12;1-2-4-5-3-1/h2-7,9H,8,15H2,1H3;1-4H,(H,13,14);1-4H2. The number of anilines is 1. The first-order chi connectivity index (χ1) is 18.2. The molecule has 8 nitrogen and oxygen atoms in total. The number of ether oxygens (including phenoxy) is 2. The van der Waals surface area contributed by atoms with E-state index >= 15 is 0 Å². The van der Waals surface area contributed by atoms with Gasteiger partial charge in [0.05, 0.1) is 11.3 Å². The van der Waals surface area contributed by atoms with Crippen molar-refractivity contribution in [2.45, 2.75) is 25.6 Å². The van der Waals surface area contributed by atoms with E-state index < -0.39 is 17.6 Å². The molecule has 38 heavy (non-hydrogen) atoms. The molecule has 2 aromatic carbocycles. The number of halogens is 4. The minimum atomic E-state index is -4.76. The number of alkyl halides is 3. The molecule has 0 spiro atoms. The molecule has 3 heterocycles. The maximum absolute atomic E-state index is 12.7. The quantitative estimate of drug-likeness (QED) is 0.262. The van der Waals surface area contributed by atoms with Crippen molar-refractivity contribution >= 4 is 23.0 Å². The maximum Gasteiger partial charge on any atom is 0.419 e. The van der Waals surface area contributed by atoms with Crippen molar-refractivity contribution in [2.24, 2.45) is 12.8 Å². The number of benzene rings is 2. The van der Waals surface area contributed by atoms with Crippen LogP contribution in [-0.4, -0.2) is 34.2 Å². The summed E-state index contributed by atoms with van der Waals surface area (Å²) in [4.78, 5) is 18.0. The lowest BCUT2D eigenvalue weighted by Crippen LogP contribution is -2.09. The van der Waals surface area contributed by atoms with Gasteiger partial charge in [-0.25, -0.2) is 14.4 Å². The number of fused-ring (bicyclic) bond motifs is 1. The molecule has 1 amide bonds. The van der Waals surface area contributed by atoms with Crippen LogP contribution in [0.3, 0.4) is 0 Å². The largest absolute Gasteiger partial charge is 0.439 e.